The van der Waals surface area contributed by atoms with Crippen LogP contribution in [0.15, 0.2) is 35.4 Å². The number of hydrazine groups is 1. The van der Waals surface area contributed by atoms with Crippen LogP contribution in [0.5, 0.6) is 0 Å². The van der Waals surface area contributed by atoms with Crippen molar-refractivity contribution in [1.82, 2.24) is 9.97 Å². The van der Waals surface area contributed by atoms with Crippen molar-refractivity contribution in [3.63, 3.8) is 0 Å². The van der Waals surface area contributed by atoms with Crippen molar-refractivity contribution < 1.29 is 8.42 Å². The number of nitrogen functional groups attached to an aromatic ring is 1. The number of pyridine rings is 2. The molecular weight excluding hydrogens is 302 g/mol. The van der Waals surface area contributed by atoms with Gasteiger partial charge in [0.25, 0.3) is 10.0 Å². The number of aromatic nitrogens is 2. The molecule has 2 aromatic rings. The van der Waals surface area contributed by atoms with Gasteiger partial charge in [-0.3, -0.25) is 4.72 Å². The van der Waals surface area contributed by atoms with Crippen molar-refractivity contribution in [2.75, 3.05) is 10.1 Å². The highest BCUT2D eigenvalue weighted by Gasteiger charge is 2.17. The molecule has 0 atom stereocenters. The standard InChI is InChI=1S/C11H12ClN5O2S/c1-7-3-2-4-10(15-7)17-20(18,19)8-5-9(12)11(16-13)14-6-8/h2-6H,13H2,1H3,(H,14,16)(H,15,17). The lowest BCUT2D eigenvalue weighted by atomic mass is 10.4. The van der Waals surface area contributed by atoms with Crippen LogP contribution in [0, 0.1) is 6.92 Å². The van der Waals surface area contributed by atoms with E-state index in [-0.39, 0.29) is 21.6 Å². The molecule has 0 bridgehead atoms. The van der Waals surface area contributed by atoms with Crippen LogP contribution in [0.1, 0.15) is 5.69 Å². The van der Waals surface area contributed by atoms with Crippen LogP contribution in [-0.4, -0.2) is 18.4 Å². The third-order valence-corrected chi connectivity index (χ3v) is 4.00. The van der Waals surface area contributed by atoms with E-state index >= 15 is 0 Å². The zero-order valence-corrected chi connectivity index (χ0v) is 12.0. The number of hydrogen-bond acceptors (Lipinski definition) is 6. The maximum absolute atomic E-state index is 12.2. The van der Waals surface area contributed by atoms with Gasteiger partial charge in [-0.15, -0.1) is 0 Å². The molecular formula is C11H12ClN5O2S. The summed E-state index contributed by atoms with van der Waals surface area (Å²) < 4.78 is 26.7. The quantitative estimate of drug-likeness (QED) is 0.583. The molecule has 2 aromatic heterocycles. The van der Waals surface area contributed by atoms with E-state index in [4.69, 9.17) is 17.4 Å². The maximum atomic E-state index is 12.2. The Balaban J connectivity index is 2.33. The molecule has 9 heteroatoms. The molecule has 20 heavy (non-hydrogen) atoms. The third-order valence-electron chi connectivity index (χ3n) is 2.39. The number of anilines is 2. The van der Waals surface area contributed by atoms with Crippen molar-refractivity contribution in [1.29, 1.82) is 0 Å². The minimum absolute atomic E-state index is 0.0789. The van der Waals surface area contributed by atoms with Crippen LogP contribution in [0.4, 0.5) is 11.6 Å². The van der Waals surface area contributed by atoms with Crippen LogP contribution in [-0.2, 0) is 10.0 Å². The number of nitrogens with two attached hydrogens (primary N) is 1. The first-order chi connectivity index (χ1) is 9.42. The average molecular weight is 314 g/mol. The molecule has 2 rings (SSSR count). The first-order valence-corrected chi connectivity index (χ1v) is 7.37. The van der Waals surface area contributed by atoms with Gasteiger partial charge < -0.3 is 5.43 Å². The van der Waals surface area contributed by atoms with Crippen molar-refractivity contribution >= 4 is 33.3 Å². The van der Waals surface area contributed by atoms with E-state index in [9.17, 15) is 8.42 Å². The normalized spacial score (nSPS) is 11.2. The molecule has 0 saturated heterocycles. The van der Waals surface area contributed by atoms with Crippen molar-refractivity contribution in [2.45, 2.75) is 11.8 Å². The Labute approximate surface area is 121 Å². The van der Waals surface area contributed by atoms with Gasteiger partial charge in [0, 0.05) is 11.9 Å². The summed E-state index contributed by atoms with van der Waals surface area (Å²) in [6.07, 6.45) is 1.15. The van der Waals surface area contributed by atoms with Gasteiger partial charge in [-0.05, 0) is 25.1 Å². The highest BCUT2D eigenvalue weighted by molar-refractivity contribution is 7.92. The molecule has 2 heterocycles. The monoisotopic (exact) mass is 313 g/mol. The van der Waals surface area contributed by atoms with E-state index in [0.717, 1.165) is 6.20 Å². The van der Waals surface area contributed by atoms with Crippen molar-refractivity contribution in [3.8, 4) is 0 Å². The molecule has 0 spiro atoms. The molecule has 4 N–H and O–H groups in total. The Hall–Kier alpha value is -1.90. The van der Waals surface area contributed by atoms with Gasteiger partial charge in [-0.1, -0.05) is 17.7 Å². The van der Waals surface area contributed by atoms with E-state index in [1.165, 1.54) is 6.07 Å². The van der Waals surface area contributed by atoms with Crippen LogP contribution in [0.2, 0.25) is 5.02 Å². The van der Waals surface area contributed by atoms with Crippen molar-refractivity contribution in [3.05, 3.63) is 41.2 Å². The van der Waals surface area contributed by atoms with Crippen LogP contribution >= 0.6 is 11.6 Å². The first kappa shape index (κ1) is 14.5. The Morgan fingerprint density at radius 3 is 2.70 bits per heavy atom. The summed E-state index contributed by atoms with van der Waals surface area (Å²) in [4.78, 5) is 7.80. The first-order valence-electron chi connectivity index (χ1n) is 5.51. The second kappa shape index (κ2) is 5.61. The largest absolute Gasteiger partial charge is 0.307 e. The molecule has 0 fully saturated rings. The highest BCUT2D eigenvalue weighted by Crippen LogP contribution is 2.22. The summed E-state index contributed by atoms with van der Waals surface area (Å²) in [5, 5.41) is 0.104. The van der Waals surface area contributed by atoms with E-state index < -0.39 is 10.0 Å². The predicted octanol–water partition coefficient (Wildman–Crippen LogP) is 1.52. The number of rotatable bonds is 4. The Morgan fingerprint density at radius 2 is 2.10 bits per heavy atom. The molecule has 0 aliphatic rings. The second-order valence-corrected chi connectivity index (χ2v) is 6.01. The number of nitrogens with one attached hydrogen (secondary N) is 2. The molecule has 7 nitrogen and oxygen atoms in total. The van der Waals surface area contributed by atoms with E-state index in [1.807, 2.05) is 0 Å². The zero-order chi connectivity index (χ0) is 14.8. The van der Waals surface area contributed by atoms with E-state index in [0.29, 0.717) is 5.69 Å². The summed E-state index contributed by atoms with van der Waals surface area (Å²) >= 11 is 5.85. The van der Waals surface area contributed by atoms with Gasteiger partial charge in [0.1, 0.15) is 10.7 Å². The smallest absolute Gasteiger partial charge is 0.264 e. The van der Waals surface area contributed by atoms with Crippen LogP contribution in [0.3, 0.4) is 0 Å². The Kier molecular flexibility index (Phi) is 4.07. The summed E-state index contributed by atoms with van der Waals surface area (Å²) in [6.45, 7) is 1.76. The lowest BCUT2D eigenvalue weighted by Gasteiger charge is -2.09. The maximum Gasteiger partial charge on any atom is 0.264 e. The highest BCUT2D eigenvalue weighted by atomic mass is 35.5. The van der Waals surface area contributed by atoms with E-state index in [2.05, 4.69) is 20.1 Å². The van der Waals surface area contributed by atoms with Gasteiger partial charge in [0.2, 0.25) is 0 Å². The van der Waals surface area contributed by atoms with Gasteiger partial charge in [0.05, 0.1) is 5.02 Å². The number of aryl methyl sites for hydroxylation is 1. The topological polar surface area (TPSA) is 110 Å². The van der Waals surface area contributed by atoms with Crippen molar-refractivity contribution in [2.24, 2.45) is 5.84 Å². The van der Waals surface area contributed by atoms with Gasteiger partial charge in [-0.25, -0.2) is 24.2 Å². The molecule has 0 aromatic carbocycles. The van der Waals surface area contributed by atoms with Gasteiger partial charge in [0.15, 0.2) is 5.82 Å². The fourth-order valence-electron chi connectivity index (χ4n) is 1.47. The Morgan fingerprint density at radius 1 is 1.35 bits per heavy atom. The van der Waals surface area contributed by atoms with Gasteiger partial charge in [-0.2, -0.15) is 0 Å². The number of hydrogen-bond donors (Lipinski definition) is 3. The molecule has 0 amide bonds. The zero-order valence-electron chi connectivity index (χ0n) is 10.5. The molecule has 106 valence electrons. The molecule has 0 aliphatic heterocycles. The molecule has 0 aliphatic carbocycles. The average Bonchev–Trinajstić information content (AvgIpc) is 2.38. The predicted molar refractivity (Wildman–Crippen MR) is 76.8 cm³/mol. The number of sulfonamides is 1. The fourth-order valence-corrected chi connectivity index (χ4v) is 2.73. The minimum atomic E-state index is -3.81. The second-order valence-electron chi connectivity index (χ2n) is 3.92. The fraction of sp³-hybridized carbons (Fsp3) is 0.0909. The molecule has 0 saturated carbocycles. The number of nitrogens with zero attached hydrogens (tertiary/aromatic N) is 2. The summed E-state index contributed by atoms with van der Waals surface area (Å²) in [5.41, 5.74) is 2.96. The third kappa shape index (κ3) is 3.16. The Bertz CT molecular complexity index is 735. The minimum Gasteiger partial charge on any atom is -0.307 e. The SMILES string of the molecule is Cc1cccc(NS(=O)(=O)c2cnc(NN)c(Cl)c2)n1. The van der Waals surface area contributed by atoms with Crippen LogP contribution in [0.25, 0.3) is 0 Å². The van der Waals surface area contributed by atoms with Crippen LogP contribution < -0.4 is 16.0 Å². The lowest BCUT2D eigenvalue weighted by molar-refractivity contribution is 0.600. The van der Waals surface area contributed by atoms with E-state index in [1.54, 1.807) is 25.1 Å². The summed E-state index contributed by atoms with van der Waals surface area (Å²) in [6, 6.07) is 6.27. The molecule has 0 unspecified atom stereocenters. The van der Waals surface area contributed by atoms with Gasteiger partial charge >= 0.3 is 0 Å². The number of halogens is 1. The molecule has 0 radical (unpaired) electrons. The summed E-state index contributed by atoms with van der Waals surface area (Å²) in [5.74, 6) is 5.60. The lowest BCUT2D eigenvalue weighted by Crippen LogP contribution is -2.15. The summed E-state index contributed by atoms with van der Waals surface area (Å²) in [7, 11) is -3.81.